The van der Waals surface area contributed by atoms with E-state index >= 15 is 0 Å². The number of aliphatic hydroxyl groups excluding tert-OH is 1. The molecule has 0 aromatic heterocycles. The third kappa shape index (κ3) is 4.62. The molecule has 1 aliphatic rings. The molecule has 0 radical (unpaired) electrons. The zero-order valence-corrected chi connectivity index (χ0v) is 15.6. The van der Waals surface area contributed by atoms with E-state index in [1.165, 1.54) is 27.2 Å². The first-order chi connectivity index (χ1) is 12.0. The van der Waals surface area contributed by atoms with Crippen LogP contribution in [0.5, 0.6) is 5.75 Å². The fourth-order valence-corrected chi connectivity index (χ4v) is 3.64. The predicted molar refractivity (Wildman–Crippen MR) is 101 cm³/mol. The fourth-order valence-electron chi connectivity index (χ4n) is 3.64. The van der Waals surface area contributed by atoms with Crippen molar-refractivity contribution in [1.29, 1.82) is 0 Å². The first-order valence-electron chi connectivity index (χ1n) is 9.34. The molecule has 1 aliphatic heterocycles. The largest absolute Gasteiger partial charge is 0.490 e. The van der Waals surface area contributed by atoms with Crippen LogP contribution in [-0.2, 0) is 13.0 Å². The Bertz CT molecular complexity index is 711. The van der Waals surface area contributed by atoms with E-state index in [9.17, 15) is 5.11 Å². The average Bonchev–Trinajstić information content (AvgIpc) is 2.59. The lowest BCUT2D eigenvalue weighted by molar-refractivity contribution is -0.918. The number of quaternary nitrogens is 1. The van der Waals surface area contributed by atoms with E-state index in [0.29, 0.717) is 12.5 Å². The van der Waals surface area contributed by atoms with E-state index in [2.05, 4.69) is 63.2 Å². The van der Waals surface area contributed by atoms with Crippen molar-refractivity contribution in [1.82, 2.24) is 0 Å². The Labute approximate surface area is 151 Å². The molecule has 2 aromatic rings. The van der Waals surface area contributed by atoms with E-state index in [4.69, 9.17) is 4.74 Å². The fraction of sp³-hybridized carbons (Fsp3) is 0.455. The van der Waals surface area contributed by atoms with Crippen LogP contribution < -0.4 is 9.64 Å². The van der Waals surface area contributed by atoms with Crippen LogP contribution in [0.15, 0.2) is 42.5 Å². The summed E-state index contributed by atoms with van der Waals surface area (Å²) in [6.07, 6.45) is 0.648. The summed E-state index contributed by atoms with van der Waals surface area (Å²) >= 11 is 0. The smallest absolute Gasteiger partial charge is 0.137 e. The van der Waals surface area contributed by atoms with Gasteiger partial charge in [-0.25, -0.2) is 0 Å². The highest BCUT2D eigenvalue weighted by Gasteiger charge is 2.22. The molecule has 2 N–H and O–H groups in total. The number of benzene rings is 2. The first kappa shape index (κ1) is 18.0. The lowest BCUT2D eigenvalue weighted by Crippen LogP contribution is -3.13. The Morgan fingerprint density at radius 2 is 1.88 bits per heavy atom. The van der Waals surface area contributed by atoms with Gasteiger partial charge in [-0.15, -0.1) is 0 Å². The van der Waals surface area contributed by atoms with Crippen molar-refractivity contribution in [3.8, 4) is 5.75 Å². The highest BCUT2D eigenvalue weighted by molar-refractivity contribution is 5.39. The maximum atomic E-state index is 10.5. The predicted octanol–water partition coefficient (Wildman–Crippen LogP) is 2.50. The van der Waals surface area contributed by atoms with Gasteiger partial charge in [0, 0.05) is 12.0 Å². The van der Waals surface area contributed by atoms with Crippen molar-refractivity contribution in [3.63, 3.8) is 0 Å². The van der Waals surface area contributed by atoms with Gasteiger partial charge in [-0.2, -0.15) is 0 Å². The molecule has 2 atom stereocenters. The Hall–Kier alpha value is -1.84. The Balaban J connectivity index is 1.56. The number of rotatable bonds is 6. The Morgan fingerprint density at radius 3 is 2.64 bits per heavy atom. The van der Waals surface area contributed by atoms with E-state index in [-0.39, 0.29) is 0 Å². The molecule has 1 unspecified atom stereocenters. The minimum absolute atomic E-state index is 0.355. The zero-order chi connectivity index (χ0) is 17.8. The highest BCUT2D eigenvalue weighted by atomic mass is 16.5. The summed E-state index contributed by atoms with van der Waals surface area (Å²) in [5, 5.41) is 10.5. The molecule has 0 saturated carbocycles. The van der Waals surface area contributed by atoms with Crippen molar-refractivity contribution in [2.75, 3.05) is 19.7 Å². The highest BCUT2D eigenvalue weighted by Crippen LogP contribution is 2.27. The monoisotopic (exact) mass is 340 g/mol. The minimum atomic E-state index is -0.444. The van der Waals surface area contributed by atoms with Crippen molar-refractivity contribution < 1.29 is 14.7 Å². The molecule has 3 nitrogen and oxygen atoms in total. The van der Waals surface area contributed by atoms with Crippen LogP contribution >= 0.6 is 0 Å². The van der Waals surface area contributed by atoms with Crippen molar-refractivity contribution in [3.05, 3.63) is 64.7 Å². The standard InChI is InChI=1S/C22H29NO2/c1-16(2)21-9-8-17(3)12-22(21)25-15-20(24)14-23-11-10-18-6-4-5-7-19(18)13-23/h4-9,12,16,20,24H,10-11,13-15H2,1-3H3/p+1/t20-/m1/s1. The molecule has 0 spiro atoms. The molecule has 1 heterocycles. The van der Waals surface area contributed by atoms with Crippen LogP contribution in [0.25, 0.3) is 0 Å². The van der Waals surface area contributed by atoms with E-state index in [1.807, 2.05) is 0 Å². The van der Waals surface area contributed by atoms with Gasteiger partial charge >= 0.3 is 0 Å². The quantitative estimate of drug-likeness (QED) is 0.847. The van der Waals surface area contributed by atoms with Gasteiger partial charge in [0.25, 0.3) is 0 Å². The molecule has 3 rings (SSSR count). The Morgan fingerprint density at radius 1 is 1.12 bits per heavy atom. The summed E-state index contributed by atoms with van der Waals surface area (Å²) in [6, 6.07) is 15.0. The van der Waals surface area contributed by atoms with Gasteiger partial charge < -0.3 is 14.7 Å². The van der Waals surface area contributed by atoms with Gasteiger partial charge in [-0.3, -0.25) is 0 Å². The first-order valence-corrected chi connectivity index (χ1v) is 9.34. The molecule has 0 bridgehead atoms. The molecule has 134 valence electrons. The number of aryl methyl sites for hydroxylation is 1. The normalized spacial score (nSPS) is 18.0. The summed E-state index contributed by atoms with van der Waals surface area (Å²) in [7, 11) is 0. The summed E-state index contributed by atoms with van der Waals surface area (Å²) in [5.74, 6) is 1.32. The number of hydrogen-bond acceptors (Lipinski definition) is 2. The number of hydrogen-bond donors (Lipinski definition) is 2. The van der Waals surface area contributed by atoms with Crippen molar-refractivity contribution in [2.45, 2.75) is 45.8 Å². The molecule has 2 aromatic carbocycles. The van der Waals surface area contributed by atoms with Gasteiger partial charge in [0.2, 0.25) is 0 Å². The second-order valence-electron chi connectivity index (χ2n) is 7.56. The lowest BCUT2D eigenvalue weighted by Gasteiger charge is -2.27. The molecule has 25 heavy (non-hydrogen) atoms. The number of ether oxygens (including phenoxy) is 1. The molecule has 0 saturated heterocycles. The number of nitrogens with one attached hydrogen (secondary N) is 1. The topological polar surface area (TPSA) is 33.9 Å². The third-order valence-electron chi connectivity index (χ3n) is 5.05. The molecular formula is C22H30NO2+. The summed E-state index contributed by atoms with van der Waals surface area (Å²) in [5.41, 5.74) is 5.26. The summed E-state index contributed by atoms with van der Waals surface area (Å²) in [6.45, 7) is 9.57. The summed E-state index contributed by atoms with van der Waals surface area (Å²) in [4.78, 5) is 1.43. The van der Waals surface area contributed by atoms with Crippen molar-refractivity contribution in [2.24, 2.45) is 0 Å². The SMILES string of the molecule is Cc1ccc(C(C)C)c(OC[C@H](O)C[NH+]2CCc3ccccc3C2)c1. The van der Waals surface area contributed by atoms with Crippen LogP contribution in [0, 0.1) is 6.92 Å². The van der Waals surface area contributed by atoms with Crippen LogP contribution in [-0.4, -0.2) is 30.9 Å². The van der Waals surface area contributed by atoms with Crippen LogP contribution in [0.4, 0.5) is 0 Å². The van der Waals surface area contributed by atoms with E-state index in [0.717, 1.165) is 31.8 Å². The molecular weight excluding hydrogens is 310 g/mol. The Kier molecular flexibility index (Phi) is 5.77. The van der Waals surface area contributed by atoms with Gasteiger partial charge in [0.15, 0.2) is 0 Å². The van der Waals surface area contributed by atoms with Gasteiger partial charge in [0.05, 0.1) is 6.54 Å². The maximum absolute atomic E-state index is 10.5. The van der Waals surface area contributed by atoms with Crippen LogP contribution in [0.3, 0.4) is 0 Å². The molecule has 0 amide bonds. The second kappa shape index (κ2) is 8.03. The lowest BCUT2D eigenvalue weighted by atomic mass is 10.00. The third-order valence-corrected chi connectivity index (χ3v) is 5.05. The zero-order valence-electron chi connectivity index (χ0n) is 15.6. The number of fused-ring (bicyclic) bond motifs is 1. The van der Waals surface area contributed by atoms with Crippen molar-refractivity contribution >= 4 is 0 Å². The van der Waals surface area contributed by atoms with Gasteiger partial charge in [-0.05, 0) is 35.6 Å². The second-order valence-corrected chi connectivity index (χ2v) is 7.56. The maximum Gasteiger partial charge on any atom is 0.137 e. The minimum Gasteiger partial charge on any atom is -0.490 e. The van der Waals surface area contributed by atoms with Gasteiger partial charge in [0.1, 0.15) is 31.5 Å². The average molecular weight is 340 g/mol. The molecule has 0 aliphatic carbocycles. The molecule has 0 fully saturated rings. The van der Waals surface area contributed by atoms with E-state index < -0.39 is 6.10 Å². The van der Waals surface area contributed by atoms with E-state index in [1.54, 1.807) is 0 Å². The summed E-state index contributed by atoms with van der Waals surface area (Å²) < 4.78 is 5.99. The van der Waals surface area contributed by atoms with Crippen LogP contribution in [0.1, 0.15) is 42.0 Å². The van der Waals surface area contributed by atoms with Gasteiger partial charge in [-0.1, -0.05) is 50.2 Å². The molecule has 3 heteroatoms. The van der Waals surface area contributed by atoms with Crippen LogP contribution in [0.2, 0.25) is 0 Å². The number of aliphatic hydroxyl groups is 1.